The predicted molar refractivity (Wildman–Crippen MR) is 83.9 cm³/mol. The molecule has 0 amide bonds. The molecule has 0 saturated heterocycles. The summed E-state index contributed by atoms with van der Waals surface area (Å²) in [4.78, 5) is 0. The molecule has 0 bridgehead atoms. The Kier molecular flexibility index (Phi) is 5.44. The van der Waals surface area contributed by atoms with E-state index in [0.29, 0.717) is 18.0 Å². The molecule has 1 fully saturated rings. The van der Waals surface area contributed by atoms with E-state index in [9.17, 15) is 0 Å². The molecule has 3 nitrogen and oxygen atoms in total. The van der Waals surface area contributed by atoms with E-state index < -0.39 is 0 Å². The average Bonchev–Trinajstić information content (AvgIpc) is 2.85. The lowest BCUT2D eigenvalue weighted by Gasteiger charge is -2.26. The summed E-state index contributed by atoms with van der Waals surface area (Å²) in [6.45, 7) is 7.13. The maximum atomic E-state index is 5.92. The molecule has 0 spiro atoms. The molecule has 0 heterocycles. The highest BCUT2D eigenvalue weighted by Gasteiger charge is 2.27. The summed E-state index contributed by atoms with van der Waals surface area (Å²) in [5, 5.41) is 3.75. The van der Waals surface area contributed by atoms with Crippen LogP contribution in [0.25, 0.3) is 0 Å². The van der Waals surface area contributed by atoms with E-state index in [1.165, 1.54) is 24.8 Å². The molecular formula is C17H28N2O. The first kappa shape index (κ1) is 15.3. The predicted octanol–water partition coefficient (Wildman–Crippen LogP) is 3.25. The van der Waals surface area contributed by atoms with E-state index >= 15 is 0 Å². The first-order valence-electron chi connectivity index (χ1n) is 7.83. The van der Waals surface area contributed by atoms with Gasteiger partial charge in [-0.25, -0.2) is 0 Å². The van der Waals surface area contributed by atoms with Gasteiger partial charge in [-0.2, -0.15) is 0 Å². The SMILES string of the molecule is CC(C)Oc1ccccc1C(C)NC1CCCC1CN. The lowest BCUT2D eigenvalue weighted by molar-refractivity contribution is 0.237. The van der Waals surface area contributed by atoms with Crippen LogP contribution in [0.1, 0.15) is 51.6 Å². The Bertz CT molecular complexity index is 419. The Morgan fingerprint density at radius 2 is 2.00 bits per heavy atom. The first-order chi connectivity index (χ1) is 9.61. The first-order valence-corrected chi connectivity index (χ1v) is 7.83. The quantitative estimate of drug-likeness (QED) is 0.838. The number of nitrogens with two attached hydrogens (primary N) is 1. The minimum absolute atomic E-state index is 0.201. The van der Waals surface area contributed by atoms with Gasteiger partial charge in [0.15, 0.2) is 0 Å². The van der Waals surface area contributed by atoms with Gasteiger partial charge in [-0.3, -0.25) is 0 Å². The zero-order valence-corrected chi connectivity index (χ0v) is 12.9. The smallest absolute Gasteiger partial charge is 0.124 e. The highest BCUT2D eigenvalue weighted by Crippen LogP contribution is 2.30. The summed E-state index contributed by atoms with van der Waals surface area (Å²) in [5.41, 5.74) is 7.11. The van der Waals surface area contributed by atoms with Crippen LogP contribution in [0.4, 0.5) is 0 Å². The number of rotatable bonds is 6. The van der Waals surface area contributed by atoms with E-state index in [0.717, 1.165) is 12.3 Å². The molecule has 112 valence electrons. The summed E-state index contributed by atoms with van der Waals surface area (Å²) in [6.07, 6.45) is 3.98. The van der Waals surface area contributed by atoms with Crippen LogP contribution in [0.15, 0.2) is 24.3 Å². The topological polar surface area (TPSA) is 47.3 Å². The molecule has 2 rings (SSSR count). The van der Waals surface area contributed by atoms with Crippen molar-refractivity contribution in [3.05, 3.63) is 29.8 Å². The standard InChI is InChI=1S/C17H28N2O/c1-12(2)20-17-10-5-4-8-15(17)13(3)19-16-9-6-7-14(16)11-18/h4-5,8,10,12-14,16,19H,6-7,9,11,18H2,1-3H3. The number of para-hydroxylation sites is 1. The molecule has 0 radical (unpaired) electrons. The van der Waals surface area contributed by atoms with Crippen molar-refractivity contribution in [2.75, 3.05) is 6.54 Å². The fourth-order valence-corrected chi connectivity index (χ4v) is 3.15. The maximum absolute atomic E-state index is 5.92. The molecule has 3 N–H and O–H groups in total. The van der Waals surface area contributed by atoms with Crippen LogP contribution in [-0.2, 0) is 0 Å². The lowest BCUT2D eigenvalue weighted by atomic mass is 10.0. The van der Waals surface area contributed by atoms with E-state index in [-0.39, 0.29) is 6.10 Å². The molecule has 1 aliphatic carbocycles. The van der Waals surface area contributed by atoms with E-state index in [2.05, 4.69) is 44.3 Å². The third-order valence-electron chi connectivity index (χ3n) is 4.17. The molecule has 1 saturated carbocycles. The monoisotopic (exact) mass is 276 g/mol. The van der Waals surface area contributed by atoms with Gasteiger partial charge in [0.2, 0.25) is 0 Å². The number of nitrogens with one attached hydrogen (secondary N) is 1. The van der Waals surface area contributed by atoms with Crippen molar-refractivity contribution in [3.63, 3.8) is 0 Å². The van der Waals surface area contributed by atoms with Gasteiger partial charge in [-0.1, -0.05) is 24.6 Å². The van der Waals surface area contributed by atoms with Gasteiger partial charge in [-0.15, -0.1) is 0 Å². The highest BCUT2D eigenvalue weighted by atomic mass is 16.5. The van der Waals surface area contributed by atoms with Crippen LogP contribution in [0.2, 0.25) is 0 Å². The molecule has 1 aliphatic rings. The van der Waals surface area contributed by atoms with Gasteiger partial charge < -0.3 is 15.8 Å². The van der Waals surface area contributed by atoms with Gasteiger partial charge >= 0.3 is 0 Å². The van der Waals surface area contributed by atoms with Crippen molar-refractivity contribution in [1.82, 2.24) is 5.32 Å². The molecule has 3 unspecified atom stereocenters. The number of hydrogen-bond acceptors (Lipinski definition) is 3. The fourth-order valence-electron chi connectivity index (χ4n) is 3.15. The molecule has 20 heavy (non-hydrogen) atoms. The number of benzene rings is 1. The summed E-state index contributed by atoms with van der Waals surface area (Å²) in [5.74, 6) is 1.61. The zero-order valence-electron chi connectivity index (χ0n) is 12.9. The molecule has 1 aromatic carbocycles. The average molecular weight is 276 g/mol. The maximum Gasteiger partial charge on any atom is 0.124 e. The van der Waals surface area contributed by atoms with Crippen molar-refractivity contribution < 1.29 is 4.74 Å². The van der Waals surface area contributed by atoms with E-state index in [4.69, 9.17) is 10.5 Å². The highest BCUT2D eigenvalue weighted by molar-refractivity contribution is 5.35. The molecule has 3 heteroatoms. The van der Waals surface area contributed by atoms with E-state index in [1.807, 2.05) is 6.07 Å². The van der Waals surface area contributed by atoms with Gasteiger partial charge in [0.1, 0.15) is 5.75 Å². The minimum atomic E-state index is 0.201. The third-order valence-corrected chi connectivity index (χ3v) is 4.17. The van der Waals surface area contributed by atoms with Crippen molar-refractivity contribution in [3.8, 4) is 5.75 Å². The zero-order chi connectivity index (χ0) is 14.5. The van der Waals surface area contributed by atoms with Crippen LogP contribution in [0, 0.1) is 5.92 Å². The second-order valence-electron chi connectivity index (χ2n) is 6.13. The summed E-state index contributed by atoms with van der Waals surface area (Å²) >= 11 is 0. The summed E-state index contributed by atoms with van der Waals surface area (Å²) < 4.78 is 5.92. The third kappa shape index (κ3) is 3.74. The number of hydrogen-bond donors (Lipinski definition) is 2. The molecule has 1 aromatic rings. The number of ether oxygens (including phenoxy) is 1. The van der Waals surface area contributed by atoms with Crippen molar-refractivity contribution in [1.29, 1.82) is 0 Å². The normalized spacial score (nSPS) is 24.1. The van der Waals surface area contributed by atoms with E-state index in [1.54, 1.807) is 0 Å². The van der Waals surface area contributed by atoms with Crippen molar-refractivity contribution >= 4 is 0 Å². The van der Waals surface area contributed by atoms with Gasteiger partial charge in [0.25, 0.3) is 0 Å². The van der Waals surface area contributed by atoms with Crippen LogP contribution in [-0.4, -0.2) is 18.7 Å². The largest absolute Gasteiger partial charge is 0.491 e. The molecular weight excluding hydrogens is 248 g/mol. The Balaban J connectivity index is 2.06. The molecule has 0 aliphatic heterocycles. The second kappa shape index (κ2) is 7.09. The minimum Gasteiger partial charge on any atom is -0.491 e. The Morgan fingerprint density at radius 3 is 2.70 bits per heavy atom. The van der Waals surface area contributed by atoms with Crippen molar-refractivity contribution in [2.45, 2.75) is 58.2 Å². The fraction of sp³-hybridized carbons (Fsp3) is 0.647. The van der Waals surface area contributed by atoms with Crippen LogP contribution >= 0.6 is 0 Å². The summed E-state index contributed by atoms with van der Waals surface area (Å²) in [7, 11) is 0. The van der Waals surface area contributed by atoms with Crippen molar-refractivity contribution in [2.24, 2.45) is 11.7 Å². The van der Waals surface area contributed by atoms with Gasteiger partial charge in [0, 0.05) is 17.6 Å². The second-order valence-corrected chi connectivity index (χ2v) is 6.13. The Hall–Kier alpha value is -1.06. The van der Waals surface area contributed by atoms with Gasteiger partial charge in [0.05, 0.1) is 6.10 Å². The molecule has 0 aromatic heterocycles. The van der Waals surface area contributed by atoms with Crippen LogP contribution < -0.4 is 15.8 Å². The lowest BCUT2D eigenvalue weighted by Crippen LogP contribution is -2.37. The Morgan fingerprint density at radius 1 is 1.25 bits per heavy atom. The Labute approximate surface area is 122 Å². The van der Waals surface area contributed by atoms with Crippen LogP contribution in [0.5, 0.6) is 5.75 Å². The summed E-state index contributed by atoms with van der Waals surface area (Å²) in [6, 6.07) is 9.16. The van der Waals surface area contributed by atoms with Gasteiger partial charge in [-0.05, 0) is 52.1 Å². The molecule has 3 atom stereocenters. The van der Waals surface area contributed by atoms with Crippen LogP contribution in [0.3, 0.4) is 0 Å².